The Balaban J connectivity index is 1.67. The molecule has 15 heavy (non-hydrogen) atoms. The summed E-state index contributed by atoms with van der Waals surface area (Å²) in [5.41, 5.74) is 0. The van der Waals surface area contributed by atoms with Gasteiger partial charge in [0.2, 0.25) is 5.91 Å². The number of carbonyl (C=O) groups excluding carboxylic acids is 1. The molecule has 0 aromatic carbocycles. The second-order valence-electron chi connectivity index (χ2n) is 4.70. The van der Waals surface area contributed by atoms with Crippen LogP contribution in [0, 0.1) is 5.92 Å². The quantitative estimate of drug-likeness (QED) is 0.602. The van der Waals surface area contributed by atoms with Gasteiger partial charge in [0.25, 0.3) is 0 Å². The van der Waals surface area contributed by atoms with E-state index in [4.69, 9.17) is 5.11 Å². The van der Waals surface area contributed by atoms with Crippen LogP contribution in [-0.4, -0.2) is 36.2 Å². The summed E-state index contributed by atoms with van der Waals surface area (Å²) in [7, 11) is 0. The van der Waals surface area contributed by atoms with Gasteiger partial charge in [-0.15, -0.1) is 0 Å². The third-order valence-electron chi connectivity index (χ3n) is 3.37. The van der Waals surface area contributed by atoms with Crippen molar-refractivity contribution in [3.63, 3.8) is 0 Å². The lowest BCUT2D eigenvalue weighted by atomic mass is 10.1. The van der Waals surface area contributed by atoms with E-state index in [9.17, 15) is 4.79 Å². The first-order chi connectivity index (χ1) is 7.29. The lowest BCUT2D eigenvalue weighted by Crippen LogP contribution is -2.43. The molecular weight excluding hydrogens is 192 g/mol. The minimum atomic E-state index is 0.0762. The maximum atomic E-state index is 11.5. The SMILES string of the molecule is O=C(CNC1CC1)NC1CCCC1CO. The first kappa shape index (κ1) is 10.9. The van der Waals surface area contributed by atoms with Gasteiger partial charge in [0, 0.05) is 24.6 Å². The molecule has 4 heteroatoms. The Morgan fingerprint density at radius 3 is 2.73 bits per heavy atom. The first-order valence-electron chi connectivity index (χ1n) is 5.93. The van der Waals surface area contributed by atoms with Crippen molar-refractivity contribution in [1.29, 1.82) is 0 Å². The molecular formula is C11H20N2O2. The molecule has 2 saturated carbocycles. The molecule has 86 valence electrons. The summed E-state index contributed by atoms with van der Waals surface area (Å²) in [5.74, 6) is 0.349. The van der Waals surface area contributed by atoms with Crippen molar-refractivity contribution in [2.75, 3.05) is 13.2 Å². The molecule has 0 aromatic rings. The number of aliphatic hydroxyl groups excluding tert-OH is 1. The maximum absolute atomic E-state index is 11.5. The van der Waals surface area contributed by atoms with Crippen LogP contribution in [0.2, 0.25) is 0 Å². The predicted molar refractivity (Wildman–Crippen MR) is 57.4 cm³/mol. The molecule has 0 bridgehead atoms. The molecule has 2 aliphatic carbocycles. The lowest BCUT2D eigenvalue weighted by molar-refractivity contribution is -0.121. The van der Waals surface area contributed by atoms with E-state index in [0.29, 0.717) is 12.6 Å². The van der Waals surface area contributed by atoms with Crippen molar-refractivity contribution in [1.82, 2.24) is 10.6 Å². The van der Waals surface area contributed by atoms with E-state index in [2.05, 4.69) is 10.6 Å². The summed E-state index contributed by atoms with van der Waals surface area (Å²) in [6.45, 7) is 0.625. The number of amides is 1. The monoisotopic (exact) mass is 212 g/mol. The molecule has 2 fully saturated rings. The summed E-state index contributed by atoms with van der Waals surface area (Å²) in [5, 5.41) is 15.3. The summed E-state index contributed by atoms with van der Waals surface area (Å²) in [4.78, 5) is 11.5. The van der Waals surface area contributed by atoms with E-state index >= 15 is 0 Å². The van der Waals surface area contributed by atoms with Crippen molar-refractivity contribution in [2.24, 2.45) is 5.92 Å². The van der Waals surface area contributed by atoms with Crippen molar-refractivity contribution < 1.29 is 9.90 Å². The van der Waals surface area contributed by atoms with Gasteiger partial charge < -0.3 is 15.7 Å². The third kappa shape index (κ3) is 3.18. The zero-order valence-electron chi connectivity index (χ0n) is 9.04. The van der Waals surface area contributed by atoms with Gasteiger partial charge in [-0.25, -0.2) is 0 Å². The van der Waals surface area contributed by atoms with E-state index < -0.39 is 0 Å². The zero-order chi connectivity index (χ0) is 10.7. The second kappa shape index (κ2) is 4.94. The van der Waals surface area contributed by atoms with Gasteiger partial charge in [-0.3, -0.25) is 4.79 Å². The minimum Gasteiger partial charge on any atom is -0.396 e. The first-order valence-corrected chi connectivity index (χ1v) is 5.93. The molecule has 3 N–H and O–H groups in total. The Kier molecular flexibility index (Phi) is 3.59. The van der Waals surface area contributed by atoms with Crippen LogP contribution in [0.15, 0.2) is 0 Å². The normalized spacial score (nSPS) is 30.5. The van der Waals surface area contributed by atoms with E-state index in [1.54, 1.807) is 0 Å². The van der Waals surface area contributed by atoms with E-state index in [1.807, 2.05) is 0 Å². The highest BCUT2D eigenvalue weighted by atomic mass is 16.3. The Labute approximate surface area is 90.4 Å². The number of aliphatic hydroxyl groups is 1. The average molecular weight is 212 g/mol. The van der Waals surface area contributed by atoms with E-state index in [0.717, 1.165) is 19.3 Å². The smallest absolute Gasteiger partial charge is 0.234 e. The molecule has 0 aromatic heterocycles. The molecule has 1 amide bonds. The van der Waals surface area contributed by atoms with Crippen LogP contribution in [0.5, 0.6) is 0 Å². The zero-order valence-corrected chi connectivity index (χ0v) is 9.04. The maximum Gasteiger partial charge on any atom is 0.234 e. The van der Waals surface area contributed by atoms with Crippen molar-refractivity contribution >= 4 is 5.91 Å². The largest absolute Gasteiger partial charge is 0.396 e. The predicted octanol–water partition coefficient (Wildman–Crippen LogP) is 0.0156. The van der Waals surface area contributed by atoms with Crippen molar-refractivity contribution in [3.8, 4) is 0 Å². The van der Waals surface area contributed by atoms with Crippen LogP contribution >= 0.6 is 0 Å². The van der Waals surface area contributed by atoms with Gasteiger partial charge >= 0.3 is 0 Å². The number of rotatable bonds is 5. The molecule has 0 radical (unpaired) electrons. The number of hydrogen-bond acceptors (Lipinski definition) is 3. The summed E-state index contributed by atoms with van der Waals surface area (Å²) in [6, 6.07) is 0.775. The van der Waals surface area contributed by atoms with Gasteiger partial charge in [-0.05, 0) is 25.7 Å². The van der Waals surface area contributed by atoms with Crippen molar-refractivity contribution in [3.05, 3.63) is 0 Å². The molecule has 2 atom stereocenters. The average Bonchev–Trinajstić information content (AvgIpc) is 2.96. The molecule has 2 unspecified atom stereocenters. The Morgan fingerprint density at radius 2 is 2.07 bits per heavy atom. The number of nitrogens with one attached hydrogen (secondary N) is 2. The molecule has 0 spiro atoms. The molecule has 4 nitrogen and oxygen atoms in total. The van der Waals surface area contributed by atoms with Crippen LogP contribution in [0.3, 0.4) is 0 Å². The second-order valence-corrected chi connectivity index (χ2v) is 4.70. The van der Waals surface area contributed by atoms with Gasteiger partial charge in [-0.2, -0.15) is 0 Å². The van der Waals surface area contributed by atoms with E-state index in [-0.39, 0.29) is 24.5 Å². The third-order valence-corrected chi connectivity index (χ3v) is 3.37. The van der Waals surface area contributed by atoms with Gasteiger partial charge in [0.05, 0.1) is 6.54 Å². The highest BCUT2D eigenvalue weighted by molar-refractivity contribution is 5.78. The van der Waals surface area contributed by atoms with Crippen LogP contribution < -0.4 is 10.6 Å². The van der Waals surface area contributed by atoms with Crippen LogP contribution in [0.1, 0.15) is 32.1 Å². The fraction of sp³-hybridized carbons (Fsp3) is 0.909. The van der Waals surface area contributed by atoms with Gasteiger partial charge in [0.15, 0.2) is 0 Å². The van der Waals surface area contributed by atoms with Crippen LogP contribution in [-0.2, 0) is 4.79 Å². The number of hydrogen-bond donors (Lipinski definition) is 3. The van der Waals surface area contributed by atoms with Gasteiger partial charge in [0.1, 0.15) is 0 Å². The van der Waals surface area contributed by atoms with Crippen molar-refractivity contribution in [2.45, 2.75) is 44.2 Å². The highest BCUT2D eigenvalue weighted by Crippen LogP contribution is 2.24. The Bertz CT molecular complexity index is 229. The van der Waals surface area contributed by atoms with Crippen LogP contribution in [0.4, 0.5) is 0 Å². The fourth-order valence-electron chi connectivity index (χ4n) is 2.23. The summed E-state index contributed by atoms with van der Waals surface area (Å²) >= 11 is 0. The minimum absolute atomic E-state index is 0.0762. The Morgan fingerprint density at radius 1 is 1.27 bits per heavy atom. The number of carbonyl (C=O) groups is 1. The standard InChI is InChI=1S/C11H20N2O2/c14-7-8-2-1-3-10(8)13-11(15)6-12-9-4-5-9/h8-10,12,14H,1-7H2,(H,13,15). The topological polar surface area (TPSA) is 61.4 Å². The molecule has 0 saturated heterocycles. The fourth-order valence-corrected chi connectivity index (χ4v) is 2.23. The lowest BCUT2D eigenvalue weighted by Gasteiger charge is -2.19. The molecule has 2 aliphatic rings. The Hall–Kier alpha value is -0.610. The van der Waals surface area contributed by atoms with Crippen LogP contribution in [0.25, 0.3) is 0 Å². The summed E-state index contributed by atoms with van der Waals surface area (Å²) < 4.78 is 0. The highest BCUT2D eigenvalue weighted by Gasteiger charge is 2.28. The molecule has 2 rings (SSSR count). The van der Waals surface area contributed by atoms with Gasteiger partial charge in [-0.1, -0.05) is 6.42 Å². The summed E-state index contributed by atoms with van der Waals surface area (Å²) in [6.07, 6.45) is 5.58. The molecule has 0 aliphatic heterocycles. The van der Waals surface area contributed by atoms with E-state index in [1.165, 1.54) is 12.8 Å². The molecule has 0 heterocycles.